The van der Waals surface area contributed by atoms with E-state index in [2.05, 4.69) is 19.9 Å². The molecule has 0 radical (unpaired) electrons. The Kier molecular flexibility index (Phi) is 5.52. The van der Waals surface area contributed by atoms with Crippen molar-refractivity contribution in [3.05, 3.63) is 40.9 Å². The van der Waals surface area contributed by atoms with Gasteiger partial charge < -0.3 is 14.9 Å². The summed E-state index contributed by atoms with van der Waals surface area (Å²) >= 11 is 0. The molecule has 1 aliphatic carbocycles. The first-order valence-corrected chi connectivity index (χ1v) is 10.0. The highest BCUT2D eigenvalue weighted by Crippen LogP contribution is 2.35. The molecule has 30 heavy (non-hydrogen) atoms. The number of aromatic nitrogens is 3. The summed E-state index contributed by atoms with van der Waals surface area (Å²) in [4.78, 5) is 19.7. The largest absolute Gasteiger partial charge is 0.404 e. The second-order valence-electron chi connectivity index (χ2n) is 7.89. The van der Waals surface area contributed by atoms with Crippen molar-refractivity contribution < 1.29 is 13.2 Å². The number of nitrogens with one attached hydrogen (secondary N) is 2. The zero-order valence-corrected chi connectivity index (χ0v) is 16.2. The Morgan fingerprint density at radius 2 is 2.03 bits per heavy atom. The lowest BCUT2D eigenvalue weighted by Gasteiger charge is -2.32. The van der Waals surface area contributed by atoms with E-state index in [-0.39, 0.29) is 23.9 Å². The monoisotopic (exact) mass is 417 g/mol. The zero-order chi connectivity index (χ0) is 21.3. The minimum Gasteiger partial charge on any atom is -0.346 e. The molecule has 0 aliphatic heterocycles. The predicted molar refractivity (Wildman–Crippen MR) is 107 cm³/mol. The molecular formula is C21H22F3N5O. The van der Waals surface area contributed by atoms with Crippen LogP contribution in [0.2, 0.25) is 0 Å². The zero-order valence-electron chi connectivity index (χ0n) is 16.2. The first kappa shape index (κ1) is 20.4. The molecular weight excluding hydrogens is 395 g/mol. The lowest BCUT2D eigenvalue weighted by atomic mass is 9.85. The maximum absolute atomic E-state index is 13.0. The summed E-state index contributed by atoms with van der Waals surface area (Å²) in [5.74, 6) is 0.129. The normalized spacial score (nSPS) is 21.0. The lowest BCUT2D eigenvalue weighted by molar-refractivity contribution is -0.155. The van der Waals surface area contributed by atoms with Crippen molar-refractivity contribution in [2.24, 2.45) is 5.92 Å². The Labute approximate surface area is 170 Å². The summed E-state index contributed by atoms with van der Waals surface area (Å²) in [6.07, 6.45) is 3.39. The van der Waals surface area contributed by atoms with Gasteiger partial charge >= 0.3 is 6.18 Å². The van der Waals surface area contributed by atoms with Gasteiger partial charge in [-0.25, -0.2) is 4.98 Å². The maximum Gasteiger partial charge on any atom is 0.404 e. The minimum absolute atomic E-state index is 0.0783. The molecule has 0 bridgehead atoms. The van der Waals surface area contributed by atoms with E-state index in [1.165, 1.54) is 0 Å². The van der Waals surface area contributed by atoms with Crippen LogP contribution >= 0.6 is 0 Å². The Hall–Kier alpha value is -2.86. The molecule has 3 heterocycles. The number of hydrogen-bond acceptors (Lipinski definition) is 4. The average molecular weight is 417 g/mol. The SMILES string of the molecule is N#CCC(NC[C@H]1CC[C@H](n2ccc(=O)c3cnc4[nH]ccc4c32)CC1)C(F)(F)F. The molecule has 6 nitrogen and oxygen atoms in total. The standard InChI is InChI=1S/C21H22F3N5O/c22-21(23,24)18(5-8-25)27-11-13-1-3-14(4-2-13)29-10-7-17(30)16-12-28-20-15(19(16)29)6-9-26-20/h6-7,9-10,12-14,18,27H,1-5,11H2,(H,26,28)/t13-,14-,18?. The van der Waals surface area contributed by atoms with Crippen LogP contribution < -0.4 is 10.7 Å². The number of rotatable bonds is 5. The average Bonchev–Trinajstić information content (AvgIpc) is 3.20. The number of fused-ring (bicyclic) bond motifs is 3. The summed E-state index contributed by atoms with van der Waals surface area (Å²) in [6.45, 7) is 0.246. The molecule has 3 aromatic rings. The predicted octanol–water partition coefficient (Wildman–Crippen LogP) is 4.04. The summed E-state index contributed by atoms with van der Waals surface area (Å²) in [7, 11) is 0. The van der Waals surface area contributed by atoms with Crippen molar-refractivity contribution in [3.8, 4) is 6.07 Å². The minimum atomic E-state index is -4.42. The fourth-order valence-electron chi connectivity index (χ4n) is 4.40. The summed E-state index contributed by atoms with van der Waals surface area (Å²) in [5, 5.41) is 12.6. The second-order valence-corrected chi connectivity index (χ2v) is 7.89. The lowest BCUT2D eigenvalue weighted by Crippen LogP contribution is -2.44. The fraction of sp³-hybridized carbons (Fsp3) is 0.476. The van der Waals surface area contributed by atoms with E-state index < -0.39 is 18.6 Å². The highest BCUT2D eigenvalue weighted by molar-refractivity contribution is 6.02. The smallest absolute Gasteiger partial charge is 0.346 e. The fourth-order valence-corrected chi connectivity index (χ4v) is 4.40. The highest BCUT2D eigenvalue weighted by Gasteiger charge is 2.39. The van der Waals surface area contributed by atoms with Crippen LogP contribution in [0.4, 0.5) is 13.2 Å². The number of halogens is 3. The molecule has 1 saturated carbocycles. The first-order valence-electron chi connectivity index (χ1n) is 10.0. The third kappa shape index (κ3) is 3.92. The Morgan fingerprint density at radius 3 is 2.73 bits per heavy atom. The number of aromatic amines is 1. The third-order valence-electron chi connectivity index (χ3n) is 6.02. The third-order valence-corrected chi connectivity index (χ3v) is 6.02. The number of nitriles is 1. The number of H-pyrrole nitrogens is 1. The quantitative estimate of drug-likeness (QED) is 0.656. The van der Waals surface area contributed by atoms with E-state index in [0.717, 1.165) is 42.2 Å². The van der Waals surface area contributed by atoms with Crippen molar-refractivity contribution in [3.63, 3.8) is 0 Å². The van der Waals surface area contributed by atoms with Crippen LogP contribution in [0.1, 0.15) is 38.1 Å². The van der Waals surface area contributed by atoms with Crippen LogP contribution in [0.5, 0.6) is 0 Å². The summed E-state index contributed by atoms with van der Waals surface area (Å²) in [6, 6.07) is 3.45. The van der Waals surface area contributed by atoms with Gasteiger partial charge in [0.05, 0.1) is 23.4 Å². The van der Waals surface area contributed by atoms with Crippen molar-refractivity contribution in [1.29, 1.82) is 5.26 Å². The topological polar surface area (TPSA) is 86.5 Å². The molecule has 1 fully saturated rings. The van der Waals surface area contributed by atoms with Gasteiger partial charge in [-0.15, -0.1) is 0 Å². The molecule has 0 spiro atoms. The van der Waals surface area contributed by atoms with Crippen molar-refractivity contribution in [2.75, 3.05) is 6.54 Å². The molecule has 1 aliphatic rings. The van der Waals surface area contributed by atoms with Gasteiger partial charge in [0.15, 0.2) is 5.43 Å². The van der Waals surface area contributed by atoms with Crippen LogP contribution in [-0.2, 0) is 0 Å². The first-order chi connectivity index (χ1) is 14.4. The molecule has 3 aromatic heterocycles. The summed E-state index contributed by atoms with van der Waals surface area (Å²) in [5.41, 5.74) is 1.49. The van der Waals surface area contributed by atoms with Gasteiger partial charge in [-0.2, -0.15) is 18.4 Å². The van der Waals surface area contributed by atoms with Crippen LogP contribution in [0.3, 0.4) is 0 Å². The molecule has 4 rings (SSSR count). The van der Waals surface area contributed by atoms with Gasteiger partial charge in [0, 0.05) is 36.1 Å². The van der Waals surface area contributed by atoms with E-state index in [9.17, 15) is 18.0 Å². The van der Waals surface area contributed by atoms with E-state index in [1.807, 2.05) is 12.3 Å². The maximum atomic E-state index is 13.0. The van der Waals surface area contributed by atoms with Gasteiger partial charge in [-0.1, -0.05) is 0 Å². The molecule has 9 heteroatoms. The Morgan fingerprint density at radius 1 is 1.27 bits per heavy atom. The molecule has 0 saturated heterocycles. The highest BCUT2D eigenvalue weighted by atomic mass is 19.4. The van der Waals surface area contributed by atoms with E-state index >= 15 is 0 Å². The second kappa shape index (κ2) is 8.11. The number of alkyl halides is 3. The van der Waals surface area contributed by atoms with Crippen molar-refractivity contribution >= 4 is 21.9 Å². The summed E-state index contributed by atoms with van der Waals surface area (Å²) < 4.78 is 41.0. The van der Waals surface area contributed by atoms with Crippen LogP contribution in [0.15, 0.2) is 35.5 Å². The van der Waals surface area contributed by atoms with E-state index in [0.29, 0.717) is 5.39 Å². The van der Waals surface area contributed by atoms with Crippen molar-refractivity contribution in [2.45, 2.75) is 50.4 Å². The number of nitrogens with zero attached hydrogens (tertiary/aromatic N) is 3. The molecule has 0 amide bonds. The van der Waals surface area contributed by atoms with Crippen LogP contribution in [0.25, 0.3) is 21.9 Å². The van der Waals surface area contributed by atoms with Crippen LogP contribution in [0, 0.1) is 17.2 Å². The van der Waals surface area contributed by atoms with Crippen molar-refractivity contribution in [1.82, 2.24) is 19.9 Å². The van der Waals surface area contributed by atoms with E-state index in [4.69, 9.17) is 5.26 Å². The van der Waals surface area contributed by atoms with Gasteiger partial charge in [0.25, 0.3) is 0 Å². The van der Waals surface area contributed by atoms with Gasteiger partial charge in [0.1, 0.15) is 11.7 Å². The molecule has 0 aromatic carbocycles. The van der Waals surface area contributed by atoms with E-state index in [1.54, 1.807) is 24.5 Å². The number of pyridine rings is 2. The number of hydrogen-bond donors (Lipinski definition) is 2. The molecule has 1 unspecified atom stereocenters. The Balaban J connectivity index is 1.49. The molecule has 2 N–H and O–H groups in total. The van der Waals surface area contributed by atoms with Gasteiger partial charge in [-0.3, -0.25) is 4.79 Å². The van der Waals surface area contributed by atoms with Gasteiger partial charge in [-0.05, 0) is 44.2 Å². The van der Waals surface area contributed by atoms with Gasteiger partial charge in [0.2, 0.25) is 0 Å². The molecule has 1 atom stereocenters. The van der Waals surface area contributed by atoms with Crippen LogP contribution in [-0.4, -0.2) is 33.3 Å². The molecule has 158 valence electrons. The Bertz CT molecular complexity index is 1140.